The van der Waals surface area contributed by atoms with E-state index in [1.165, 1.54) is 6.07 Å². The number of hydrazine groups is 1. The van der Waals surface area contributed by atoms with Crippen molar-refractivity contribution in [3.63, 3.8) is 0 Å². The highest BCUT2D eigenvalue weighted by atomic mass is 19.4. The van der Waals surface area contributed by atoms with Gasteiger partial charge in [0.1, 0.15) is 5.82 Å². The number of alkyl halides is 3. The fraction of sp³-hybridized carbons (Fsp3) is 0.600. The van der Waals surface area contributed by atoms with Crippen molar-refractivity contribution in [3.8, 4) is 0 Å². The van der Waals surface area contributed by atoms with E-state index in [9.17, 15) is 17.6 Å². The van der Waals surface area contributed by atoms with Crippen molar-refractivity contribution in [2.75, 3.05) is 0 Å². The molecule has 0 radical (unpaired) electrons. The Morgan fingerprint density at radius 3 is 2.52 bits per heavy atom. The van der Waals surface area contributed by atoms with Crippen LogP contribution in [-0.4, -0.2) is 0 Å². The van der Waals surface area contributed by atoms with E-state index in [-0.39, 0.29) is 12.0 Å². The number of rotatable bonds is 4. The van der Waals surface area contributed by atoms with Crippen molar-refractivity contribution in [1.29, 1.82) is 0 Å². The fourth-order valence-corrected chi connectivity index (χ4v) is 3.25. The summed E-state index contributed by atoms with van der Waals surface area (Å²) in [7, 11) is 0. The zero-order valence-corrected chi connectivity index (χ0v) is 11.9. The second-order valence-electron chi connectivity index (χ2n) is 5.73. The number of hydrogen-bond donors (Lipinski definition) is 2. The van der Waals surface area contributed by atoms with Crippen LogP contribution in [0.4, 0.5) is 17.6 Å². The van der Waals surface area contributed by atoms with E-state index in [0.29, 0.717) is 11.5 Å². The molecule has 2 nitrogen and oxygen atoms in total. The molecule has 0 amide bonds. The zero-order chi connectivity index (χ0) is 15.6. The second-order valence-corrected chi connectivity index (χ2v) is 5.73. The van der Waals surface area contributed by atoms with Crippen LogP contribution in [0.5, 0.6) is 0 Å². The lowest BCUT2D eigenvalue weighted by Crippen LogP contribution is -2.33. The molecule has 0 bridgehead atoms. The zero-order valence-electron chi connectivity index (χ0n) is 11.9. The number of hydrogen-bond acceptors (Lipinski definition) is 2. The highest BCUT2D eigenvalue weighted by Crippen LogP contribution is 2.41. The number of halogens is 4. The van der Waals surface area contributed by atoms with E-state index < -0.39 is 17.6 Å². The Labute approximate surface area is 121 Å². The number of nitrogens with two attached hydrogens (primary N) is 1. The lowest BCUT2D eigenvalue weighted by atomic mass is 9.90. The molecule has 0 heterocycles. The first-order chi connectivity index (χ1) is 9.86. The van der Waals surface area contributed by atoms with Gasteiger partial charge >= 0.3 is 6.18 Å². The molecule has 2 rings (SSSR count). The molecule has 3 unspecified atom stereocenters. The summed E-state index contributed by atoms with van der Waals surface area (Å²) < 4.78 is 51.4. The highest BCUT2D eigenvalue weighted by molar-refractivity contribution is 5.29. The monoisotopic (exact) mass is 304 g/mol. The fourth-order valence-electron chi connectivity index (χ4n) is 3.25. The molecule has 0 aliphatic heterocycles. The quantitative estimate of drug-likeness (QED) is 0.497. The van der Waals surface area contributed by atoms with Crippen molar-refractivity contribution in [1.82, 2.24) is 5.43 Å². The van der Waals surface area contributed by atoms with Gasteiger partial charge in [0.2, 0.25) is 0 Å². The van der Waals surface area contributed by atoms with Gasteiger partial charge in [-0.2, -0.15) is 13.2 Å². The summed E-state index contributed by atoms with van der Waals surface area (Å²) in [6.07, 6.45) is -0.587. The predicted molar refractivity (Wildman–Crippen MR) is 72.6 cm³/mol. The Kier molecular flexibility index (Phi) is 4.88. The van der Waals surface area contributed by atoms with Gasteiger partial charge in [0.15, 0.2) is 0 Å². The van der Waals surface area contributed by atoms with Gasteiger partial charge in [-0.25, -0.2) is 4.39 Å². The summed E-state index contributed by atoms with van der Waals surface area (Å²) >= 11 is 0. The van der Waals surface area contributed by atoms with Crippen molar-refractivity contribution in [2.45, 2.75) is 44.8 Å². The van der Waals surface area contributed by atoms with E-state index in [4.69, 9.17) is 5.84 Å². The molecule has 21 heavy (non-hydrogen) atoms. The van der Waals surface area contributed by atoms with Crippen LogP contribution < -0.4 is 11.3 Å². The number of benzene rings is 1. The Morgan fingerprint density at radius 2 is 2.05 bits per heavy atom. The lowest BCUT2D eigenvalue weighted by Gasteiger charge is -2.24. The second kappa shape index (κ2) is 6.32. The van der Waals surface area contributed by atoms with Crippen LogP contribution in [0, 0.1) is 17.7 Å². The molecule has 0 aromatic heterocycles. The minimum Gasteiger partial charge on any atom is -0.271 e. The molecule has 1 saturated carbocycles. The predicted octanol–water partition coefficient (Wildman–Crippen LogP) is 4.18. The van der Waals surface area contributed by atoms with Gasteiger partial charge in [0.05, 0.1) is 5.56 Å². The Morgan fingerprint density at radius 1 is 1.33 bits per heavy atom. The molecule has 0 spiro atoms. The summed E-state index contributed by atoms with van der Waals surface area (Å²) in [5.74, 6) is 5.15. The third kappa shape index (κ3) is 3.55. The van der Waals surface area contributed by atoms with Crippen LogP contribution in [0.15, 0.2) is 18.2 Å². The van der Waals surface area contributed by atoms with Gasteiger partial charge in [-0.05, 0) is 42.4 Å². The molecule has 3 N–H and O–H groups in total. The standard InChI is InChI=1S/C15H20F4N2/c1-2-9-3-4-10(7-9)14(21-20)11-5-6-12(13(16)8-11)15(17,18)19/h5-6,8-10,14,21H,2-4,7,20H2,1H3. The van der Waals surface area contributed by atoms with E-state index in [1.807, 2.05) is 0 Å². The van der Waals surface area contributed by atoms with Crippen LogP contribution in [-0.2, 0) is 6.18 Å². The minimum absolute atomic E-state index is 0.232. The first-order valence-electron chi connectivity index (χ1n) is 7.19. The average molecular weight is 304 g/mol. The van der Waals surface area contributed by atoms with Gasteiger partial charge in [0, 0.05) is 6.04 Å². The van der Waals surface area contributed by atoms with Crippen LogP contribution in [0.3, 0.4) is 0 Å². The van der Waals surface area contributed by atoms with Crippen molar-refractivity contribution < 1.29 is 17.6 Å². The Hall–Kier alpha value is -1.14. The van der Waals surface area contributed by atoms with Gasteiger partial charge in [-0.15, -0.1) is 0 Å². The van der Waals surface area contributed by atoms with E-state index >= 15 is 0 Å². The van der Waals surface area contributed by atoms with Gasteiger partial charge < -0.3 is 0 Å². The molecule has 6 heteroatoms. The molecular formula is C15H20F4N2. The molecule has 1 aromatic rings. The SMILES string of the molecule is CCC1CCC(C(NN)c2ccc(C(F)(F)F)c(F)c2)C1. The van der Waals surface area contributed by atoms with Gasteiger partial charge in [-0.3, -0.25) is 11.3 Å². The largest absolute Gasteiger partial charge is 0.419 e. The van der Waals surface area contributed by atoms with E-state index in [0.717, 1.165) is 37.8 Å². The Balaban J connectivity index is 2.22. The van der Waals surface area contributed by atoms with Crippen LogP contribution in [0.2, 0.25) is 0 Å². The molecular weight excluding hydrogens is 284 g/mol. The first kappa shape index (κ1) is 16.2. The number of nitrogens with one attached hydrogen (secondary N) is 1. The van der Waals surface area contributed by atoms with Crippen molar-refractivity contribution in [2.24, 2.45) is 17.7 Å². The molecule has 1 aliphatic carbocycles. The normalized spacial score (nSPS) is 24.3. The maximum absolute atomic E-state index is 13.7. The van der Waals surface area contributed by atoms with E-state index in [1.54, 1.807) is 0 Å². The third-order valence-corrected chi connectivity index (χ3v) is 4.47. The summed E-state index contributed by atoms with van der Waals surface area (Å²) in [6.45, 7) is 2.12. The first-order valence-corrected chi connectivity index (χ1v) is 7.19. The molecule has 1 aromatic carbocycles. The maximum atomic E-state index is 13.7. The summed E-state index contributed by atoms with van der Waals surface area (Å²) in [4.78, 5) is 0. The molecule has 1 fully saturated rings. The maximum Gasteiger partial charge on any atom is 0.419 e. The highest BCUT2D eigenvalue weighted by Gasteiger charge is 2.35. The van der Waals surface area contributed by atoms with E-state index in [2.05, 4.69) is 12.3 Å². The molecule has 0 saturated heterocycles. The topological polar surface area (TPSA) is 38.0 Å². The summed E-state index contributed by atoms with van der Waals surface area (Å²) in [5, 5.41) is 0. The smallest absolute Gasteiger partial charge is 0.271 e. The van der Waals surface area contributed by atoms with Crippen LogP contribution >= 0.6 is 0 Å². The van der Waals surface area contributed by atoms with Crippen LogP contribution in [0.25, 0.3) is 0 Å². The average Bonchev–Trinajstić information content (AvgIpc) is 2.87. The van der Waals surface area contributed by atoms with Crippen molar-refractivity contribution >= 4 is 0 Å². The summed E-state index contributed by atoms with van der Waals surface area (Å²) in [6, 6.07) is 2.75. The minimum atomic E-state index is -4.67. The van der Waals surface area contributed by atoms with Gasteiger partial charge in [-0.1, -0.05) is 25.8 Å². The summed E-state index contributed by atoms with van der Waals surface area (Å²) in [5.41, 5.74) is 1.88. The Bertz CT molecular complexity index is 487. The van der Waals surface area contributed by atoms with Crippen molar-refractivity contribution in [3.05, 3.63) is 35.1 Å². The lowest BCUT2D eigenvalue weighted by molar-refractivity contribution is -0.140. The van der Waals surface area contributed by atoms with Crippen LogP contribution in [0.1, 0.15) is 49.8 Å². The molecule has 1 aliphatic rings. The third-order valence-electron chi connectivity index (χ3n) is 4.47. The molecule has 3 atom stereocenters. The molecule has 118 valence electrons. The van der Waals surface area contributed by atoms with Gasteiger partial charge in [0.25, 0.3) is 0 Å².